The molecule has 0 amide bonds. The molecule has 0 aliphatic heterocycles. The van der Waals surface area contributed by atoms with E-state index in [1.54, 1.807) is 0 Å². The van der Waals surface area contributed by atoms with Gasteiger partial charge >= 0.3 is 6.36 Å². The Balaban J connectivity index is 2.94. The Morgan fingerprint density at radius 1 is 1.24 bits per heavy atom. The molecule has 8 heteroatoms. The van der Waals surface area contributed by atoms with E-state index in [1.165, 1.54) is 0 Å². The van der Waals surface area contributed by atoms with Crippen molar-refractivity contribution in [3.05, 3.63) is 28.8 Å². The molecule has 0 heterocycles. The first-order valence-electron chi connectivity index (χ1n) is 4.22. The highest BCUT2D eigenvalue weighted by molar-refractivity contribution is 6.44. The number of hydrogen-bond acceptors (Lipinski definition) is 2. The highest BCUT2D eigenvalue weighted by atomic mass is 35.5. The summed E-state index contributed by atoms with van der Waals surface area (Å²) < 4.78 is 39.4. The Morgan fingerprint density at radius 2 is 1.82 bits per heavy atom. The number of halogens is 6. The van der Waals surface area contributed by atoms with Gasteiger partial charge in [-0.05, 0) is 12.1 Å². The van der Waals surface area contributed by atoms with Crippen LogP contribution in [0, 0.1) is 0 Å². The van der Waals surface area contributed by atoms with Gasteiger partial charge in [0.25, 0.3) is 0 Å². The Morgan fingerprint density at radius 3 is 2.24 bits per heavy atom. The van der Waals surface area contributed by atoms with Crippen molar-refractivity contribution in [2.45, 2.75) is 17.3 Å². The lowest BCUT2D eigenvalue weighted by molar-refractivity contribution is -0.274. The molecule has 0 fully saturated rings. The molecule has 96 valence electrons. The topological polar surface area (TPSA) is 29.5 Å². The van der Waals surface area contributed by atoms with E-state index >= 15 is 0 Å². The molecule has 0 bridgehead atoms. The van der Waals surface area contributed by atoms with Gasteiger partial charge in [0.15, 0.2) is 0 Å². The van der Waals surface area contributed by atoms with Gasteiger partial charge in [-0.2, -0.15) is 0 Å². The van der Waals surface area contributed by atoms with Crippen molar-refractivity contribution < 1.29 is 23.0 Å². The van der Waals surface area contributed by atoms with Crippen LogP contribution in [0.1, 0.15) is 11.7 Å². The molecule has 1 aromatic rings. The van der Waals surface area contributed by atoms with Gasteiger partial charge in [0.1, 0.15) is 16.7 Å². The molecular weight excluding hydrogens is 303 g/mol. The lowest BCUT2D eigenvalue weighted by Gasteiger charge is -2.15. The van der Waals surface area contributed by atoms with Crippen molar-refractivity contribution in [3.63, 3.8) is 0 Å². The van der Waals surface area contributed by atoms with Gasteiger partial charge in [-0.3, -0.25) is 0 Å². The molecule has 0 aromatic heterocycles. The molecule has 1 atom stereocenters. The molecular formula is C9H6Cl3F3O2. The molecule has 1 N–H and O–H groups in total. The molecule has 0 aliphatic rings. The van der Waals surface area contributed by atoms with Crippen LogP contribution in [-0.4, -0.2) is 16.3 Å². The summed E-state index contributed by atoms with van der Waals surface area (Å²) in [6.07, 6.45) is -6.09. The number of rotatable bonds is 3. The van der Waals surface area contributed by atoms with Gasteiger partial charge in [-0.1, -0.05) is 17.7 Å². The van der Waals surface area contributed by atoms with E-state index in [-0.39, 0.29) is 10.6 Å². The minimum absolute atomic E-state index is 0.120. The van der Waals surface area contributed by atoms with Crippen LogP contribution in [0.3, 0.4) is 0 Å². The third-order valence-electron chi connectivity index (χ3n) is 1.76. The second-order valence-corrected chi connectivity index (χ2v) is 4.58. The predicted molar refractivity (Wildman–Crippen MR) is 58.6 cm³/mol. The molecule has 1 aromatic carbocycles. The smallest absolute Gasteiger partial charge is 0.406 e. The van der Waals surface area contributed by atoms with Crippen LogP contribution in [0.15, 0.2) is 18.2 Å². The molecule has 0 saturated carbocycles. The minimum atomic E-state index is -4.80. The Labute approximate surface area is 110 Å². The van der Waals surface area contributed by atoms with Crippen LogP contribution >= 0.6 is 34.8 Å². The van der Waals surface area contributed by atoms with Crippen LogP contribution < -0.4 is 4.74 Å². The SMILES string of the molecule is OC(c1ccc(OC(F)(F)F)cc1Cl)C(Cl)Cl. The summed E-state index contributed by atoms with van der Waals surface area (Å²) in [6, 6.07) is 3.09. The first-order valence-corrected chi connectivity index (χ1v) is 5.47. The lowest BCUT2D eigenvalue weighted by atomic mass is 10.1. The summed E-state index contributed by atoms with van der Waals surface area (Å²) in [5.74, 6) is -0.487. The maximum Gasteiger partial charge on any atom is 0.573 e. The Hall–Kier alpha value is -0.360. The summed E-state index contributed by atoms with van der Waals surface area (Å²) >= 11 is 16.5. The van der Waals surface area contributed by atoms with Crippen molar-refractivity contribution in [2.75, 3.05) is 0 Å². The van der Waals surface area contributed by atoms with Crippen molar-refractivity contribution >= 4 is 34.8 Å². The van der Waals surface area contributed by atoms with E-state index in [4.69, 9.17) is 34.8 Å². The van der Waals surface area contributed by atoms with Gasteiger partial charge in [0.2, 0.25) is 0 Å². The zero-order valence-electron chi connectivity index (χ0n) is 8.01. The normalized spacial score (nSPS) is 13.9. The summed E-state index contributed by atoms with van der Waals surface area (Å²) in [4.78, 5) is -1.14. The van der Waals surface area contributed by atoms with E-state index in [2.05, 4.69) is 4.74 Å². The zero-order chi connectivity index (χ0) is 13.2. The second-order valence-electron chi connectivity index (χ2n) is 3.01. The second kappa shape index (κ2) is 5.52. The van der Waals surface area contributed by atoms with Crippen molar-refractivity contribution in [2.24, 2.45) is 0 Å². The quantitative estimate of drug-likeness (QED) is 0.853. The molecule has 17 heavy (non-hydrogen) atoms. The van der Waals surface area contributed by atoms with Crippen LogP contribution in [0.5, 0.6) is 5.75 Å². The number of ether oxygens (including phenoxy) is 1. The maximum absolute atomic E-state index is 11.9. The van der Waals surface area contributed by atoms with E-state index in [0.29, 0.717) is 0 Å². The molecule has 0 saturated heterocycles. The highest BCUT2D eigenvalue weighted by Crippen LogP contribution is 2.33. The van der Waals surface area contributed by atoms with Crippen LogP contribution in [-0.2, 0) is 0 Å². The average molecular weight is 309 g/mol. The first-order chi connectivity index (χ1) is 7.70. The molecule has 0 radical (unpaired) electrons. The van der Waals surface area contributed by atoms with Gasteiger partial charge < -0.3 is 9.84 Å². The summed E-state index contributed by atoms with van der Waals surface area (Å²) in [5, 5.41) is 9.37. The fourth-order valence-corrected chi connectivity index (χ4v) is 1.63. The molecule has 0 aliphatic carbocycles. The first kappa shape index (κ1) is 14.7. The van der Waals surface area contributed by atoms with Crippen molar-refractivity contribution in [3.8, 4) is 5.75 Å². The van der Waals surface area contributed by atoms with E-state index < -0.39 is 23.1 Å². The summed E-state index contributed by atoms with van der Waals surface area (Å²) in [7, 11) is 0. The largest absolute Gasteiger partial charge is 0.573 e. The lowest BCUT2D eigenvalue weighted by Crippen LogP contribution is -2.17. The average Bonchev–Trinajstić information content (AvgIpc) is 2.14. The standard InChI is InChI=1S/C9H6Cl3F3O2/c10-6-3-4(17-9(13,14)15)1-2-5(6)7(16)8(11)12/h1-3,7-8,16H. The van der Waals surface area contributed by atoms with Crippen LogP contribution in [0.2, 0.25) is 5.02 Å². The van der Waals surface area contributed by atoms with Gasteiger partial charge in [-0.15, -0.1) is 36.4 Å². The van der Waals surface area contributed by atoms with Crippen molar-refractivity contribution in [1.82, 2.24) is 0 Å². The summed E-state index contributed by atoms with van der Waals surface area (Å²) in [6.45, 7) is 0. The van der Waals surface area contributed by atoms with Gasteiger partial charge in [-0.25, -0.2) is 0 Å². The number of alkyl halides is 5. The fourth-order valence-electron chi connectivity index (χ4n) is 1.08. The third-order valence-corrected chi connectivity index (χ3v) is 2.57. The van der Waals surface area contributed by atoms with Crippen molar-refractivity contribution in [1.29, 1.82) is 0 Å². The fraction of sp³-hybridized carbons (Fsp3) is 0.333. The molecule has 2 nitrogen and oxygen atoms in total. The maximum atomic E-state index is 11.9. The van der Waals surface area contributed by atoms with Crippen LogP contribution in [0.4, 0.5) is 13.2 Å². The Bertz CT molecular complexity index is 396. The van der Waals surface area contributed by atoms with Gasteiger partial charge in [0, 0.05) is 5.56 Å². The summed E-state index contributed by atoms with van der Waals surface area (Å²) in [5.41, 5.74) is 0.121. The predicted octanol–water partition coefficient (Wildman–Crippen LogP) is 4.08. The third kappa shape index (κ3) is 4.43. The number of aliphatic hydroxyl groups is 1. The van der Waals surface area contributed by atoms with Crippen LogP contribution in [0.25, 0.3) is 0 Å². The highest BCUT2D eigenvalue weighted by Gasteiger charge is 2.31. The number of aliphatic hydroxyl groups excluding tert-OH is 1. The monoisotopic (exact) mass is 308 g/mol. The molecule has 0 spiro atoms. The Kier molecular flexibility index (Phi) is 4.77. The number of benzene rings is 1. The minimum Gasteiger partial charge on any atom is -0.406 e. The number of hydrogen-bond donors (Lipinski definition) is 1. The van der Waals surface area contributed by atoms with E-state index in [0.717, 1.165) is 18.2 Å². The molecule has 1 rings (SSSR count). The zero-order valence-corrected chi connectivity index (χ0v) is 10.3. The van der Waals surface area contributed by atoms with E-state index in [9.17, 15) is 18.3 Å². The molecule has 1 unspecified atom stereocenters. The van der Waals surface area contributed by atoms with E-state index in [1.807, 2.05) is 0 Å². The van der Waals surface area contributed by atoms with Gasteiger partial charge in [0.05, 0.1) is 5.02 Å².